The van der Waals surface area contributed by atoms with Crippen LogP contribution < -0.4 is 10.3 Å². The van der Waals surface area contributed by atoms with Gasteiger partial charge in [0.1, 0.15) is 16.9 Å². The average molecular weight is 476 g/mol. The fraction of sp³-hybridized carbons (Fsp3) is 0.200. The van der Waals surface area contributed by atoms with Crippen LogP contribution in [0.25, 0.3) is 33.3 Å². The maximum Gasteiger partial charge on any atom is 0.272 e. The van der Waals surface area contributed by atoms with Crippen molar-refractivity contribution in [2.45, 2.75) is 20.4 Å². The second-order valence-corrected chi connectivity index (χ2v) is 10.4. The summed E-state index contributed by atoms with van der Waals surface area (Å²) in [6, 6.07) is 15.6. The van der Waals surface area contributed by atoms with Gasteiger partial charge < -0.3 is 14.1 Å². The second-order valence-electron chi connectivity index (χ2n) is 8.41. The Balaban J connectivity index is 1.79. The highest BCUT2D eigenvalue weighted by atomic mass is 32.2. The van der Waals surface area contributed by atoms with Gasteiger partial charge in [-0.05, 0) is 37.6 Å². The minimum atomic E-state index is -3.48. The molecule has 0 aliphatic heterocycles. The number of rotatable bonds is 6. The summed E-state index contributed by atoms with van der Waals surface area (Å²) >= 11 is 0. The van der Waals surface area contributed by atoms with Gasteiger partial charge >= 0.3 is 0 Å². The minimum Gasteiger partial charge on any atom is -0.345 e. The Morgan fingerprint density at radius 2 is 1.85 bits per heavy atom. The highest BCUT2D eigenvalue weighted by Gasteiger charge is 2.21. The molecule has 5 aromatic rings. The Hall–Kier alpha value is -3.85. The number of aromatic nitrogens is 4. The Morgan fingerprint density at radius 1 is 1.09 bits per heavy atom. The van der Waals surface area contributed by atoms with Crippen molar-refractivity contribution in [2.75, 3.05) is 10.5 Å². The van der Waals surface area contributed by atoms with Gasteiger partial charge in [-0.25, -0.2) is 13.4 Å². The highest BCUT2D eigenvalue weighted by molar-refractivity contribution is 7.92. The monoisotopic (exact) mass is 475 g/mol. The van der Waals surface area contributed by atoms with Crippen LogP contribution in [0.4, 0.5) is 5.69 Å². The summed E-state index contributed by atoms with van der Waals surface area (Å²) in [6.07, 6.45) is 3.52. The van der Waals surface area contributed by atoms with Gasteiger partial charge in [0.25, 0.3) is 5.56 Å². The normalized spacial score (nSPS) is 12.0. The van der Waals surface area contributed by atoms with Crippen LogP contribution in [-0.4, -0.2) is 33.3 Å². The number of benzene rings is 2. The SMILES string of the molecule is CCS(=O)(=O)Nc1cccc2c1nc(-c1cn(C)c3c(=O)[nH]ccc13)n2Cc1ccc(C)cc1. The predicted molar refractivity (Wildman–Crippen MR) is 136 cm³/mol. The van der Waals surface area contributed by atoms with E-state index in [0.29, 0.717) is 29.1 Å². The molecule has 3 heterocycles. The molecule has 0 saturated heterocycles. The summed E-state index contributed by atoms with van der Waals surface area (Å²) in [4.78, 5) is 20.1. The third kappa shape index (κ3) is 3.77. The van der Waals surface area contributed by atoms with Gasteiger partial charge in [-0.1, -0.05) is 35.9 Å². The van der Waals surface area contributed by atoms with Gasteiger partial charge in [0.05, 0.1) is 17.0 Å². The first kappa shape index (κ1) is 22.0. The van der Waals surface area contributed by atoms with Crippen LogP contribution >= 0.6 is 0 Å². The number of nitrogens with one attached hydrogen (secondary N) is 2. The van der Waals surface area contributed by atoms with Gasteiger partial charge in [-0.15, -0.1) is 0 Å². The Kier molecular flexibility index (Phi) is 5.28. The van der Waals surface area contributed by atoms with E-state index >= 15 is 0 Å². The van der Waals surface area contributed by atoms with E-state index in [1.165, 1.54) is 5.56 Å². The van der Waals surface area contributed by atoms with E-state index in [1.807, 2.05) is 38.4 Å². The molecule has 0 aliphatic carbocycles. The average Bonchev–Trinajstić information content (AvgIpc) is 3.34. The third-order valence-electron chi connectivity index (χ3n) is 6.03. The maximum absolute atomic E-state index is 12.5. The smallest absolute Gasteiger partial charge is 0.272 e. The number of fused-ring (bicyclic) bond motifs is 2. The molecule has 8 nitrogen and oxygen atoms in total. The number of aromatic amines is 1. The molecule has 2 aromatic carbocycles. The summed E-state index contributed by atoms with van der Waals surface area (Å²) in [6.45, 7) is 4.18. The molecular formula is C25H25N5O3S. The topological polar surface area (TPSA) is 102 Å². The van der Waals surface area contributed by atoms with Crippen LogP contribution in [0.5, 0.6) is 0 Å². The molecular weight excluding hydrogens is 450 g/mol. The number of para-hydroxylation sites is 1. The number of hydrogen-bond donors (Lipinski definition) is 2. The fourth-order valence-electron chi connectivity index (χ4n) is 4.25. The van der Waals surface area contributed by atoms with Crippen molar-refractivity contribution in [3.8, 4) is 11.4 Å². The van der Waals surface area contributed by atoms with Crippen LogP contribution in [0.15, 0.2) is 65.7 Å². The predicted octanol–water partition coefficient (Wildman–Crippen LogP) is 4.00. The molecule has 0 spiro atoms. The molecule has 0 bridgehead atoms. The van der Waals surface area contributed by atoms with Gasteiger partial charge in [-0.2, -0.15) is 0 Å². The molecule has 5 rings (SSSR count). The molecule has 174 valence electrons. The molecule has 34 heavy (non-hydrogen) atoms. The van der Waals surface area contributed by atoms with E-state index in [9.17, 15) is 13.2 Å². The lowest BCUT2D eigenvalue weighted by molar-refractivity contribution is 0.602. The van der Waals surface area contributed by atoms with Gasteiger partial charge in [0.2, 0.25) is 10.0 Å². The Morgan fingerprint density at radius 3 is 2.59 bits per heavy atom. The van der Waals surface area contributed by atoms with E-state index in [0.717, 1.165) is 22.0 Å². The van der Waals surface area contributed by atoms with Crippen LogP contribution in [0.2, 0.25) is 0 Å². The van der Waals surface area contributed by atoms with Crippen molar-refractivity contribution in [2.24, 2.45) is 7.05 Å². The number of sulfonamides is 1. The molecule has 0 unspecified atom stereocenters. The molecule has 3 aromatic heterocycles. The maximum atomic E-state index is 12.5. The van der Waals surface area contributed by atoms with Crippen LogP contribution in [0, 0.1) is 6.92 Å². The summed E-state index contributed by atoms with van der Waals surface area (Å²) in [7, 11) is -1.65. The largest absolute Gasteiger partial charge is 0.345 e. The summed E-state index contributed by atoms with van der Waals surface area (Å²) in [5, 5.41) is 0.780. The van der Waals surface area contributed by atoms with E-state index in [2.05, 4.69) is 38.5 Å². The third-order valence-corrected chi connectivity index (χ3v) is 7.32. The second kappa shape index (κ2) is 8.18. The number of nitrogens with zero attached hydrogens (tertiary/aromatic N) is 3. The zero-order valence-corrected chi connectivity index (χ0v) is 20.0. The van der Waals surface area contributed by atoms with Crippen molar-refractivity contribution in [1.29, 1.82) is 0 Å². The molecule has 0 saturated carbocycles. The molecule has 9 heteroatoms. The molecule has 0 amide bonds. The van der Waals surface area contributed by atoms with Crippen molar-refractivity contribution in [3.63, 3.8) is 0 Å². The summed E-state index contributed by atoms with van der Waals surface area (Å²) in [5.41, 5.74) is 5.23. The molecule has 2 N–H and O–H groups in total. The summed E-state index contributed by atoms with van der Waals surface area (Å²) < 4.78 is 31.2. The first-order chi connectivity index (χ1) is 16.3. The lowest BCUT2D eigenvalue weighted by Gasteiger charge is -2.10. The quantitative estimate of drug-likeness (QED) is 0.387. The van der Waals surface area contributed by atoms with Gasteiger partial charge in [0.15, 0.2) is 0 Å². The Labute approximate surface area is 196 Å². The van der Waals surface area contributed by atoms with E-state index in [1.54, 1.807) is 23.8 Å². The number of aryl methyl sites for hydroxylation is 2. The van der Waals surface area contributed by atoms with Crippen molar-refractivity contribution in [3.05, 3.63) is 82.4 Å². The van der Waals surface area contributed by atoms with Gasteiger partial charge in [0, 0.05) is 36.9 Å². The Bertz CT molecular complexity index is 1690. The van der Waals surface area contributed by atoms with Crippen LogP contribution in [-0.2, 0) is 23.6 Å². The molecule has 0 aliphatic rings. The van der Waals surface area contributed by atoms with Gasteiger partial charge in [-0.3, -0.25) is 9.52 Å². The standard InChI is InChI=1S/C25H25N5O3S/c1-4-34(32,33)28-20-6-5-7-21-22(20)27-24(30(21)14-17-10-8-16(2)9-11-17)19-15-29(3)23-18(19)12-13-26-25(23)31/h5-13,15,28H,4,14H2,1-3H3,(H,26,31). The van der Waals surface area contributed by atoms with E-state index < -0.39 is 10.0 Å². The lowest BCUT2D eigenvalue weighted by atomic mass is 10.1. The number of pyridine rings is 1. The van der Waals surface area contributed by atoms with E-state index in [-0.39, 0.29) is 11.3 Å². The minimum absolute atomic E-state index is 0.0353. The highest BCUT2D eigenvalue weighted by Crippen LogP contribution is 2.34. The first-order valence-electron chi connectivity index (χ1n) is 11.0. The number of hydrogen-bond acceptors (Lipinski definition) is 4. The zero-order chi connectivity index (χ0) is 24.0. The molecule has 0 radical (unpaired) electrons. The lowest BCUT2D eigenvalue weighted by Crippen LogP contribution is -2.14. The summed E-state index contributed by atoms with van der Waals surface area (Å²) in [5.74, 6) is 0.627. The molecule has 0 atom stereocenters. The number of H-pyrrole nitrogens is 1. The zero-order valence-electron chi connectivity index (χ0n) is 19.2. The number of imidazole rings is 1. The first-order valence-corrected chi connectivity index (χ1v) is 12.6. The van der Waals surface area contributed by atoms with Crippen molar-refractivity contribution in [1.82, 2.24) is 19.1 Å². The van der Waals surface area contributed by atoms with Crippen molar-refractivity contribution < 1.29 is 8.42 Å². The van der Waals surface area contributed by atoms with Crippen LogP contribution in [0.1, 0.15) is 18.1 Å². The van der Waals surface area contributed by atoms with E-state index in [4.69, 9.17) is 4.98 Å². The number of anilines is 1. The van der Waals surface area contributed by atoms with Crippen LogP contribution in [0.3, 0.4) is 0 Å². The van der Waals surface area contributed by atoms with Crippen molar-refractivity contribution >= 4 is 37.6 Å². The molecule has 0 fully saturated rings. The fourth-order valence-corrected chi connectivity index (χ4v) is 4.90.